The molecule has 3 N–H and O–H groups in total. The quantitative estimate of drug-likeness (QED) is 0.524. The van der Waals surface area contributed by atoms with Gasteiger partial charge < -0.3 is 25.4 Å². The Labute approximate surface area is 158 Å². The van der Waals surface area contributed by atoms with Crippen LogP contribution in [0.25, 0.3) is 0 Å². The molecule has 2 atom stereocenters. The lowest BCUT2D eigenvalue weighted by Crippen LogP contribution is -2.46. The van der Waals surface area contributed by atoms with Gasteiger partial charge in [-0.3, -0.25) is 15.0 Å². The van der Waals surface area contributed by atoms with Crippen LogP contribution in [0.2, 0.25) is 0 Å². The normalized spacial score (nSPS) is 24.0. The molecular formula is C16H27N7O4. The first-order chi connectivity index (χ1) is 12.9. The number of rotatable bonds is 6. The Kier molecular flexibility index (Phi) is 6.24. The summed E-state index contributed by atoms with van der Waals surface area (Å²) in [6.45, 7) is 9.55. The van der Waals surface area contributed by atoms with Crippen LogP contribution in [-0.2, 0) is 9.47 Å². The molecule has 1 aromatic heterocycles. The molecule has 3 heterocycles. The lowest BCUT2D eigenvalue weighted by molar-refractivity contribution is -0.383. The summed E-state index contributed by atoms with van der Waals surface area (Å²) >= 11 is 0. The lowest BCUT2D eigenvalue weighted by atomic mass is 10.2. The average Bonchev–Trinajstić information content (AvgIpc) is 2.61. The van der Waals surface area contributed by atoms with E-state index in [1.807, 2.05) is 18.7 Å². The van der Waals surface area contributed by atoms with Crippen molar-refractivity contribution < 1.29 is 14.4 Å². The number of hydrogen-bond donors (Lipinski definition) is 2. The molecule has 27 heavy (non-hydrogen) atoms. The number of aromatic nitrogens is 2. The minimum Gasteiger partial charge on any atom is -0.379 e. The van der Waals surface area contributed by atoms with E-state index in [4.69, 9.17) is 15.2 Å². The van der Waals surface area contributed by atoms with E-state index in [0.29, 0.717) is 25.6 Å². The number of nitrogen functional groups attached to an aromatic ring is 1. The van der Waals surface area contributed by atoms with Crippen molar-refractivity contribution in [1.29, 1.82) is 0 Å². The third kappa shape index (κ3) is 4.93. The van der Waals surface area contributed by atoms with Gasteiger partial charge in [0.2, 0.25) is 17.6 Å². The highest BCUT2D eigenvalue weighted by Crippen LogP contribution is 2.33. The molecule has 11 heteroatoms. The van der Waals surface area contributed by atoms with Crippen LogP contribution in [0.3, 0.4) is 0 Å². The molecule has 0 radical (unpaired) electrons. The number of ether oxygens (including phenoxy) is 2. The minimum atomic E-state index is -0.521. The zero-order chi connectivity index (χ0) is 19.4. The standard InChI is InChI=1S/C16H27N7O4/c1-11-9-22(10-12(2)27-11)15-13(23(24)25)14(17)19-16(20-15)18-3-4-21-5-7-26-8-6-21/h11-12H,3-10H2,1-2H3,(H3,17,18,19,20). The van der Waals surface area contributed by atoms with Gasteiger partial charge in [-0.2, -0.15) is 9.97 Å². The van der Waals surface area contributed by atoms with Gasteiger partial charge in [-0.15, -0.1) is 0 Å². The van der Waals surface area contributed by atoms with Crippen molar-refractivity contribution in [3.63, 3.8) is 0 Å². The summed E-state index contributed by atoms with van der Waals surface area (Å²) < 4.78 is 11.0. The van der Waals surface area contributed by atoms with E-state index in [1.165, 1.54) is 0 Å². The van der Waals surface area contributed by atoms with Gasteiger partial charge in [-0.05, 0) is 13.8 Å². The number of hydrogen-bond acceptors (Lipinski definition) is 10. The topological polar surface area (TPSA) is 132 Å². The largest absolute Gasteiger partial charge is 0.379 e. The van der Waals surface area contributed by atoms with Crippen molar-refractivity contribution in [2.24, 2.45) is 0 Å². The average molecular weight is 381 g/mol. The maximum absolute atomic E-state index is 11.5. The molecule has 0 aliphatic carbocycles. The van der Waals surface area contributed by atoms with Crippen LogP contribution < -0.4 is 16.0 Å². The Bertz CT molecular complexity index is 658. The first-order valence-electron chi connectivity index (χ1n) is 9.20. The maximum Gasteiger partial charge on any atom is 0.353 e. The van der Waals surface area contributed by atoms with Gasteiger partial charge in [-0.25, -0.2) is 0 Å². The zero-order valence-corrected chi connectivity index (χ0v) is 15.8. The van der Waals surface area contributed by atoms with E-state index in [2.05, 4.69) is 20.2 Å². The molecule has 0 spiro atoms. The highest BCUT2D eigenvalue weighted by Gasteiger charge is 2.32. The molecule has 0 amide bonds. The molecule has 2 aliphatic heterocycles. The summed E-state index contributed by atoms with van der Waals surface area (Å²) in [5.74, 6) is 0.405. The molecule has 0 aromatic carbocycles. The Morgan fingerprint density at radius 1 is 1.26 bits per heavy atom. The van der Waals surface area contributed by atoms with Gasteiger partial charge in [0.15, 0.2) is 0 Å². The summed E-state index contributed by atoms with van der Waals surface area (Å²) in [6, 6.07) is 0. The Hall–Kier alpha value is -2.24. The van der Waals surface area contributed by atoms with E-state index in [9.17, 15) is 10.1 Å². The van der Waals surface area contributed by atoms with E-state index in [-0.39, 0.29) is 29.5 Å². The van der Waals surface area contributed by atoms with E-state index in [0.717, 1.165) is 32.8 Å². The molecule has 2 saturated heterocycles. The van der Waals surface area contributed by atoms with Crippen LogP contribution in [0.1, 0.15) is 13.8 Å². The number of nitrogens with two attached hydrogens (primary N) is 1. The molecule has 0 bridgehead atoms. The fourth-order valence-corrected chi connectivity index (χ4v) is 3.44. The van der Waals surface area contributed by atoms with Gasteiger partial charge in [0.05, 0.1) is 30.3 Å². The first-order valence-corrected chi connectivity index (χ1v) is 9.20. The van der Waals surface area contributed by atoms with Gasteiger partial charge >= 0.3 is 5.69 Å². The molecule has 2 aliphatic rings. The Morgan fingerprint density at radius 2 is 1.93 bits per heavy atom. The Morgan fingerprint density at radius 3 is 2.56 bits per heavy atom. The summed E-state index contributed by atoms with van der Waals surface area (Å²) in [7, 11) is 0. The second kappa shape index (κ2) is 8.63. The first kappa shape index (κ1) is 19.5. The zero-order valence-electron chi connectivity index (χ0n) is 15.8. The van der Waals surface area contributed by atoms with Crippen molar-refractivity contribution in [2.45, 2.75) is 26.1 Å². The summed E-state index contributed by atoms with van der Waals surface area (Å²) in [6.07, 6.45) is -0.107. The van der Waals surface area contributed by atoms with Crippen molar-refractivity contribution >= 4 is 23.3 Å². The summed E-state index contributed by atoms with van der Waals surface area (Å²) in [5, 5.41) is 14.7. The third-order valence-corrected chi connectivity index (χ3v) is 4.61. The van der Waals surface area contributed by atoms with Crippen LogP contribution in [0.15, 0.2) is 0 Å². The van der Waals surface area contributed by atoms with Crippen molar-refractivity contribution in [3.8, 4) is 0 Å². The van der Waals surface area contributed by atoms with Crippen LogP contribution >= 0.6 is 0 Å². The van der Waals surface area contributed by atoms with Gasteiger partial charge in [0.1, 0.15) is 0 Å². The van der Waals surface area contributed by atoms with E-state index in [1.54, 1.807) is 0 Å². The molecular weight excluding hydrogens is 354 g/mol. The van der Waals surface area contributed by atoms with Gasteiger partial charge in [0.25, 0.3) is 0 Å². The summed E-state index contributed by atoms with van der Waals surface area (Å²) in [4.78, 5) is 23.6. The second-order valence-corrected chi connectivity index (χ2v) is 6.90. The molecule has 1 aromatic rings. The smallest absolute Gasteiger partial charge is 0.353 e. The van der Waals surface area contributed by atoms with Gasteiger partial charge in [-0.1, -0.05) is 0 Å². The molecule has 2 fully saturated rings. The van der Waals surface area contributed by atoms with Crippen LogP contribution in [0.5, 0.6) is 0 Å². The molecule has 150 valence electrons. The predicted octanol–water partition coefficient (Wildman–Crippen LogP) is 0.325. The van der Waals surface area contributed by atoms with Gasteiger partial charge in [0, 0.05) is 39.3 Å². The maximum atomic E-state index is 11.5. The molecule has 3 rings (SSSR count). The fourth-order valence-electron chi connectivity index (χ4n) is 3.44. The highest BCUT2D eigenvalue weighted by atomic mass is 16.6. The van der Waals surface area contributed by atoms with Crippen LogP contribution in [0.4, 0.5) is 23.3 Å². The molecule has 0 saturated carbocycles. The number of nitro groups is 1. The molecule has 11 nitrogen and oxygen atoms in total. The SMILES string of the molecule is CC1CN(c2nc(NCCN3CCOCC3)nc(N)c2[N+](=O)[O-])CC(C)O1. The third-order valence-electron chi connectivity index (χ3n) is 4.61. The number of nitrogens with zero attached hydrogens (tertiary/aromatic N) is 5. The summed E-state index contributed by atoms with van der Waals surface area (Å²) in [5.41, 5.74) is 5.64. The van der Waals surface area contributed by atoms with Crippen molar-refractivity contribution in [2.75, 3.05) is 68.4 Å². The number of anilines is 3. The van der Waals surface area contributed by atoms with Crippen LogP contribution in [0, 0.1) is 10.1 Å². The number of nitrogens with one attached hydrogen (secondary N) is 1. The predicted molar refractivity (Wildman–Crippen MR) is 101 cm³/mol. The molecule has 2 unspecified atom stereocenters. The second-order valence-electron chi connectivity index (χ2n) is 6.90. The monoisotopic (exact) mass is 381 g/mol. The van der Waals surface area contributed by atoms with E-state index >= 15 is 0 Å². The fraction of sp³-hybridized carbons (Fsp3) is 0.750. The van der Waals surface area contributed by atoms with Crippen molar-refractivity contribution in [1.82, 2.24) is 14.9 Å². The Balaban J connectivity index is 1.75. The number of morpholine rings is 2. The lowest BCUT2D eigenvalue weighted by Gasteiger charge is -2.35. The minimum absolute atomic E-state index is 0.0535. The van der Waals surface area contributed by atoms with E-state index < -0.39 is 4.92 Å². The highest BCUT2D eigenvalue weighted by molar-refractivity contribution is 5.71. The van der Waals surface area contributed by atoms with Crippen molar-refractivity contribution in [3.05, 3.63) is 10.1 Å². The van der Waals surface area contributed by atoms with Crippen LogP contribution in [-0.4, -0.2) is 84.5 Å².